The van der Waals surface area contributed by atoms with E-state index in [4.69, 9.17) is 4.74 Å². The summed E-state index contributed by atoms with van der Waals surface area (Å²) in [5.41, 5.74) is 1.38. The summed E-state index contributed by atoms with van der Waals surface area (Å²) in [6, 6.07) is 12.9. The molecule has 6 heteroatoms. The number of carbonyl (C=O) groups is 2. The van der Waals surface area contributed by atoms with Crippen molar-refractivity contribution in [1.29, 1.82) is 0 Å². The van der Waals surface area contributed by atoms with Gasteiger partial charge in [-0.2, -0.15) is 0 Å². The van der Waals surface area contributed by atoms with E-state index in [0.717, 1.165) is 18.4 Å². The molecule has 1 fully saturated rings. The van der Waals surface area contributed by atoms with Crippen LogP contribution in [0.1, 0.15) is 36.5 Å². The van der Waals surface area contributed by atoms with Gasteiger partial charge in [-0.3, -0.25) is 9.59 Å². The van der Waals surface area contributed by atoms with Crippen molar-refractivity contribution >= 4 is 17.5 Å². The Hall–Kier alpha value is -2.89. The third-order valence-corrected chi connectivity index (χ3v) is 4.38. The SMILES string of the molecule is CCC(=O)Nc1ccc(OC2CCN(C(=O)c3ccccc3)CC2)nc1. The molecule has 6 nitrogen and oxygen atoms in total. The molecule has 1 aliphatic heterocycles. The zero-order valence-corrected chi connectivity index (χ0v) is 14.9. The van der Waals surface area contributed by atoms with E-state index < -0.39 is 0 Å². The van der Waals surface area contributed by atoms with Crippen LogP contribution in [0, 0.1) is 0 Å². The van der Waals surface area contributed by atoms with E-state index in [1.54, 1.807) is 25.3 Å². The lowest BCUT2D eigenvalue weighted by Crippen LogP contribution is -2.41. The van der Waals surface area contributed by atoms with E-state index in [2.05, 4.69) is 10.3 Å². The van der Waals surface area contributed by atoms with Gasteiger partial charge in [0.2, 0.25) is 11.8 Å². The molecule has 1 N–H and O–H groups in total. The molecule has 0 aliphatic carbocycles. The summed E-state index contributed by atoms with van der Waals surface area (Å²) in [6.45, 7) is 3.14. The number of nitrogens with zero attached hydrogens (tertiary/aromatic N) is 2. The summed E-state index contributed by atoms with van der Waals surface area (Å²) in [5, 5.41) is 2.76. The predicted octanol–water partition coefficient (Wildman–Crippen LogP) is 3.11. The number of carbonyl (C=O) groups excluding carboxylic acids is 2. The Morgan fingerprint density at radius 2 is 1.88 bits per heavy atom. The lowest BCUT2D eigenvalue weighted by atomic mass is 10.1. The van der Waals surface area contributed by atoms with Crippen molar-refractivity contribution in [3.63, 3.8) is 0 Å². The minimum Gasteiger partial charge on any atom is -0.474 e. The van der Waals surface area contributed by atoms with Crippen molar-refractivity contribution in [2.24, 2.45) is 0 Å². The number of amides is 2. The highest BCUT2D eigenvalue weighted by atomic mass is 16.5. The Kier molecular flexibility index (Phi) is 5.84. The molecule has 3 rings (SSSR count). The Balaban J connectivity index is 1.49. The fraction of sp³-hybridized carbons (Fsp3) is 0.350. The van der Waals surface area contributed by atoms with Crippen LogP contribution in [0.15, 0.2) is 48.7 Å². The highest BCUT2D eigenvalue weighted by molar-refractivity contribution is 5.94. The number of ether oxygens (including phenoxy) is 1. The summed E-state index contributed by atoms with van der Waals surface area (Å²) in [7, 11) is 0. The summed E-state index contributed by atoms with van der Waals surface area (Å²) >= 11 is 0. The first-order valence-corrected chi connectivity index (χ1v) is 8.92. The van der Waals surface area contributed by atoms with Crippen LogP contribution in [0.25, 0.3) is 0 Å². The summed E-state index contributed by atoms with van der Waals surface area (Å²) in [5.74, 6) is 0.557. The van der Waals surface area contributed by atoms with Gasteiger partial charge >= 0.3 is 0 Å². The highest BCUT2D eigenvalue weighted by Gasteiger charge is 2.24. The molecule has 1 saturated heterocycles. The van der Waals surface area contributed by atoms with Gasteiger partial charge in [0.1, 0.15) is 6.10 Å². The van der Waals surface area contributed by atoms with Gasteiger partial charge in [-0.05, 0) is 18.2 Å². The molecule has 1 aromatic heterocycles. The topological polar surface area (TPSA) is 71.5 Å². The van der Waals surface area contributed by atoms with Gasteiger partial charge < -0.3 is 15.0 Å². The summed E-state index contributed by atoms with van der Waals surface area (Å²) in [6.07, 6.45) is 3.61. The van der Waals surface area contributed by atoms with Crippen LogP contribution in [0.2, 0.25) is 0 Å². The van der Waals surface area contributed by atoms with E-state index in [0.29, 0.717) is 31.1 Å². The van der Waals surface area contributed by atoms with E-state index in [9.17, 15) is 9.59 Å². The van der Waals surface area contributed by atoms with Crippen molar-refractivity contribution in [2.45, 2.75) is 32.3 Å². The minimum atomic E-state index is -0.0454. The molecule has 26 heavy (non-hydrogen) atoms. The zero-order valence-electron chi connectivity index (χ0n) is 14.9. The Morgan fingerprint density at radius 3 is 2.50 bits per heavy atom. The second kappa shape index (κ2) is 8.47. The number of nitrogens with one attached hydrogen (secondary N) is 1. The molecule has 0 spiro atoms. The molecule has 1 aromatic carbocycles. The molecule has 2 amide bonds. The van der Waals surface area contributed by atoms with Crippen LogP contribution >= 0.6 is 0 Å². The third kappa shape index (κ3) is 4.59. The Morgan fingerprint density at radius 1 is 1.15 bits per heavy atom. The number of anilines is 1. The van der Waals surface area contributed by atoms with Crippen LogP contribution in [-0.4, -0.2) is 40.9 Å². The van der Waals surface area contributed by atoms with Gasteiger partial charge in [0.15, 0.2) is 0 Å². The van der Waals surface area contributed by atoms with Gasteiger partial charge in [-0.25, -0.2) is 4.98 Å². The molecular formula is C20H23N3O3. The van der Waals surface area contributed by atoms with Crippen LogP contribution in [0.3, 0.4) is 0 Å². The zero-order chi connectivity index (χ0) is 18.4. The number of benzene rings is 1. The number of hydrogen-bond acceptors (Lipinski definition) is 4. The Bertz CT molecular complexity index is 739. The molecular weight excluding hydrogens is 330 g/mol. The van der Waals surface area contributed by atoms with Crippen molar-refractivity contribution in [2.75, 3.05) is 18.4 Å². The molecule has 0 saturated carbocycles. The lowest BCUT2D eigenvalue weighted by Gasteiger charge is -2.32. The molecule has 0 bridgehead atoms. The number of aromatic nitrogens is 1. The monoisotopic (exact) mass is 353 g/mol. The normalized spacial score (nSPS) is 14.7. The minimum absolute atomic E-state index is 0.0402. The molecule has 0 atom stereocenters. The quantitative estimate of drug-likeness (QED) is 0.896. The van der Waals surface area contributed by atoms with Gasteiger partial charge in [0, 0.05) is 44.0 Å². The van der Waals surface area contributed by atoms with E-state index in [-0.39, 0.29) is 17.9 Å². The molecule has 2 aromatic rings. The van der Waals surface area contributed by atoms with E-state index >= 15 is 0 Å². The fourth-order valence-corrected chi connectivity index (χ4v) is 2.88. The Labute approximate surface area is 153 Å². The first-order valence-electron chi connectivity index (χ1n) is 8.92. The van der Waals surface area contributed by atoms with Gasteiger partial charge in [-0.1, -0.05) is 25.1 Å². The van der Waals surface area contributed by atoms with Crippen molar-refractivity contribution < 1.29 is 14.3 Å². The van der Waals surface area contributed by atoms with Crippen LogP contribution in [0.5, 0.6) is 5.88 Å². The number of likely N-dealkylation sites (tertiary alicyclic amines) is 1. The van der Waals surface area contributed by atoms with Crippen LogP contribution < -0.4 is 10.1 Å². The molecule has 1 aliphatic rings. The van der Waals surface area contributed by atoms with Crippen LogP contribution in [0.4, 0.5) is 5.69 Å². The smallest absolute Gasteiger partial charge is 0.253 e. The van der Waals surface area contributed by atoms with E-state index in [1.165, 1.54) is 0 Å². The second-order valence-corrected chi connectivity index (χ2v) is 6.26. The number of piperidine rings is 1. The van der Waals surface area contributed by atoms with Crippen molar-refractivity contribution in [3.8, 4) is 5.88 Å². The maximum absolute atomic E-state index is 12.5. The van der Waals surface area contributed by atoms with Gasteiger partial charge in [0.25, 0.3) is 5.91 Å². The second-order valence-electron chi connectivity index (χ2n) is 6.26. The largest absolute Gasteiger partial charge is 0.474 e. The maximum atomic E-state index is 12.5. The molecule has 2 heterocycles. The number of hydrogen-bond donors (Lipinski definition) is 1. The van der Waals surface area contributed by atoms with Crippen molar-refractivity contribution in [1.82, 2.24) is 9.88 Å². The lowest BCUT2D eigenvalue weighted by molar-refractivity contribution is -0.115. The van der Waals surface area contributed by atoms with Gasteiger partial charge in [0.05, 0.1) is 11.9 Å². The maximum Gasteiger partial charge on any atom is 0.253 e. The highest BCUT2D eigenvalue weighted by Crippen LogP contribution is 2.20. The summed E-state index contributed by atoms with van der Waals surface area (Å²) in [4.78, 5) is 29.9. The first-order chi connectivity index (χ1) is 12.7. The predicted molar refractivity (Wildman–Crippen MR) is 99.2 cm³/mol. The standard InChI is InChI=1S/C20H23N3O3/c1-2-18(24)22-16-8-9-19(21-14-16)26-17-10-12-23(13-11-17)20(25)15-6-4-3-5-7-15/h3-9,14,17H,2,10-13H2,1H3,(H,22,24). The number of rotatable bonds is 5. The van der Waals surface area contributed by atoms with Gasteiger partial charge in [-0.15, -0.1) is 0 Å². The van der Waals surface area contributed by atoms with Crippen molar-refractivity contribution in [3.05, 3.63) is 54.2 Å². The molecule has 136 valence electrons. The average molecular weight is 353 g/mol. The molecule has 0 radical (unpaired) electrons. The fourth-order valence-electron chi connectivity index (χ4n) is 2.88. The van der Waals surface area contributed by atoms with E-state index in [1.807, 2.05) is 35.2 Å². The summed E-state index contributed by atoms with van der Waals surface area (Å²) < 4.78 is 5.91. The molecule has 0 unspecified atom stereocenters. The number of pyridine rings is 1. The first kappa shape index (κ1) is 17.9. The average Bonchev–Trinajstić information content (AvgIpc) is 2.70. The third-order valence-electron chi connectivity index (χ3n) is 4.38. The van der Waals surface area contributed by atoms with Crippen LogP contribution in [-0.2, 0) is 4.79 Å².